The number of nitrogens with zero attached hydrogens (tertiary/aromatic N) is 3. The van der Waals surface area contributed by atoms with E-state index in [0.29, 0.717) is 16.7 Å². The fraction of sp³-hybridized carbons (Fsp3) is 0.467. The lowest BCUT2D eigenvalue weighted by molar-refractivity contribution is 0.0688. The zero-order valence-corrected chi connectivity index (χ0v) is 12.8. The number of aromatic nitrogens is 2. The molecule has 1 saturated heterocycles. The first-order valence-corrected chi connectivity index (χ1v) is 7.51. The number of carboxylic acids is 1. The maximum absolute atomic E-state index is 11.5. The largest absolute Gasteiger partial charge is 0.477 e. The summed E-state index contributed by atoms with van der Waals surface area (Å²) < 4.78 is 1.69. The van der Waals surface area contributed by atoms with Crippen LogP contribution >= 0.6 is 11.6 Å². The minimum atomic E-state index is -0.963. The van der Waals surface area contributed by atoms with E-state index in [1.165, 1.54) is 0 Å². The Hall–Kier alpha value is -1.59. The highest BCUT2D eigenvalue weighted by molar-refractivity contribution is 6.32. The van der Waals surface area contributed by atoms with Gasteiger partial charge in [0.15, 0.2) is 5.15 Å². The molecular formula is C15H18ClN3O2. The van der Waals surface area contributed by atoms with Gasteiger partial charge in [0.1, 0.15) is 11.5 Å². The second-order valence-corrected chi connectivity index (χ2v) is 6.13. The summed E-state index contributed by atoms with van der Waals surface area (Å²) in [5.41, 5.74) is 0.875. The van der Waals surface area contributed by atoms with Gasteiger partial charge >= 0.3 is 5.97 Å². The number of halogens is 1. The van der Waals surface area contributed by atoms with Crippen molar-refractivity contribution in [2.24, 2.45) is 0 Å². The Labute approximate surface area is 128 Å². The molecule has 3 rings (SSSR count). The molecule has 3 heterocycles. The first kappa shape index (κ1) is 14.4. The third kappa shape index (κ3) is 2.40. The van der Waals surface area contributed by atoms with Crippen LogP contribution in [0.3, 0.4) is 0 Å². The van der Waals surface area contributed by atoms with Gasteiger partial charge in [0.25, 0.3) is 0 Å². The fourth-order valence-electron chi connectivity index (χ4n) is 3.03. The molecule has 1 aliphatic heterocycles. The number of aromatic carboxylic acids is 1. The quantitative estimate of drug-likeness (QED) is 0.947. The number of rotatable bonds is 3. The predicted molar refractivity (Wildman–Crippen MR) is 81.2 cm³/mol. The zero-order valence-electron chi connectivity index (χ0n) is 12.1. The van der Waals surface area contributed by atoms with Gasteiger partial charge in [-0.1, -0.05) is 17.7 Å². The highest BCUT2D eigenvalue weighted by Gasteiger charge is 2.30. The molecule has 21 heavy (non-hydrogen) atoms. The molecule has 1 N–H and O–H groups in total. The minimum absolute atomic E-state index is 0.213. The second-order valence-electron chi connectivity index (χ2n) is 5.77. The molecule has 1 aliphatic rings. The summed E-state index contributed by atoms with van der Waals surface area (Å²) in [6.45, 7) is 6.23. The van der Waals surface area contributed by atoms with Gasteiger partial charge < -0.3 is 10.0 Å². The molecular weight excluding hydrogens is 290 g/mol. The van der Waals surface area contributed by atoms with Crippen LogP contribution in [0.25, 0.3) is 5.52 Å². The fourth-order valence-corrected chi connectivity index (χ4v) is 3.27. The predicted octanol–water partition coefficient (Wildman–Crippen LogP) is 2.88. The Bertz CT molecular complexity index is 696. The highest BCUT2D eigenvalue weighted by Crippen LogP contribution is 2.31. The van der Waals surface area contributed by atoms with Gasteiger partial charge in [-0.15, -0.1) is 0 Å². The monoisotopic (exact) mass is 307 g/mol. The van der Waals surface area contributed by atoms with Crippen LogP contribution in [0, 0.1) is 0 Å². The molecule has 5 nitrogen and oxygen atoms in total. The van der Waals surface area contributed by atoms with Crippen LogP contribution in [-0.2, 0) is 0 Å². The SMILES string of the molecule is CC(C)N1CCC(c2nc(Cl)c3cccc(C(=O)O)n23)C1. The Morgan fingerprint density at radius 2 is 2.24 bits per heavy atom. The number of imidazole rings is 1. The first-order chi connectivity index (χ1) is 9.99. The van der Waals surface area contributed by atoms with Crippen LogP contribution in [0.5, 0.6) is 0 Å². The molecule has 112 valence electrons. The molecule has 1 fully saturated rings. The van der Waals surface area contributed by atoms with Crippen molar-refractivity contribution in [1.82, 2.24) is 14.3 Å². The van der Waals surface area contributed by atoms with E-state index in [0.717, 1.165) is 25.3 Å². The average Bonchev–Trinajstić information content (AvgIpc) is 3.04. The van der Waals surface area contributed by atoms with Crippen molar-refractivity contribution in [2.75, 3.05) is 13.1 Å². The van der Waals surface area contributed by atoms with Crippen molar-refractivity contribution < 1.29 is 9.90 Å². The molecule has 2 aromatic heterocycles. The van der Waals surface area contributed by atoms with Crippen LogP contribution in [0.15, 0.2) is 18.2 Å². The van der Waals surface area contributed by atoms with Crippen LogP contribution in [0.4, 0.5) is 0 Å². The van der Waals surface area contributed by atoms with E-state index in [2.05, 4.69) is 23.7 Å². The van der Waals surface area contributed by atoms with Crippen molar-refractivity contribution >= 4 is 23.1 Å². The number of hydrogen-bond donors (Lipinski definition) is 1. The van der Waals surface area contributed by atoms with Crippen LogP contribution in [0.2, 0.25) is 5.15 Å². The van der Waals surface area contributed by atoms with Crippen molar-refractivity contribution in [3.63, 3.8) is 0 Å². The molecule has 1 unspecified atom stereocenters. The van der Waals surface area contributed by atoms with E-state index in [1.54, 1.807) is 22.6 Å². The van der Waals surface area contributed by atoms with Gasteiger partial charge in [0.05, 0.1) is 5.52 Å². The van der Waals surface area contributed by atoms with Gasteiger partial charge in [-0.05, 0) is 38.9 Å². The molecule has 0 radical (unpaired) electrons. The third-order valence-corrected chi connectivity index (χ3v) is 4.46. The number of pyridine rings is 1. The van der Waals surface area contributed by atoms with Gasteiger partial charge in [0.2, 0.25) is 0 Å². The summed E-state index contributed by atoms with van der Waals surface area (Å²) in [7, 11) is 0. The summed E-state index contributed by atoms with van der Waals surface area (Å²) in [6, 6.07) is 5.58. The van der Waals surface area contributed by atoms with Crippen LogP contribution in [0.1, 0.15) is 42.5 Å². The Morgan fingerprint density at radius 3 is 2.86 bits per heavy atom. The van der Waals surface area contributed by atoms with Gasteiger partial charge in [-0.25, -0.2) is 9.78 Å². The van der Waals surface area contributed by atoms with E-state index >= 15 is 0 Å². The van der Waals surface area contributed by atoms with E-state index in [9.17, 15) is 9.90 Å². The Morgan fingerprint density at radius 1 is 1.48 bits per heavy atom. The summed E-state index contributed by atoms with van der Waals surface area (Å²) in [5, 5.41) is 9.77. The summed E-state index contributed by atoms with van der Waals surface area (Å²) in [4.78, 5) is 18.3. The smallest absolute Gasteiger partial charge is 0.352 e. The lowest BCUT2D eigenvalue weighted by Crippen LogP contribution is -2.28. The molecule has 0 aromatic carbocycles. The molecule has 0 amide bonds. The molecule has 6 heteroatoms. The van der Waals surface area contributed by atoms with Gasteiger partial charge in [-0.2, -0.15) is 0 Å². The topological polar surface area (TPSA) is 57.8 Å². The maximum Gasteiger partial charge on any atom is 0.352 e. The molecule has 0 bridgehead atoms. The van der Waals surface area contributed by atoms with Crippen molar-refractivity contribution in [3.05, 3.63) is 34.9 Å². The van der Waals surface area contributed by atoms with Crippen molar-refractivity contribution in [2.45, 2.75) is 32.2 Å². The number of carbonyl (C=O) groups is 1. The molecule has 0 aliphatic carbocycles. The zero-order chi connectivity index (χ0) is 15.1. The normalized spacial score (nSPS) is 19.7. The number of fused-ring (bicyclic) bond motifs is 1. The van der Waals surface area contributed by atoms with E-state index in [1.807, 2.05) is 0 Å². The number of likely N-dealkylation sites (tertiary alicyclic amines) is 1. The standard InChI is InChI=1S/C15H18ClN3O2/c1-9(2)18-7-6-10(8-18)14-17-13(16)11-4-3-5-12(15(20)21)19(11)14/h3-5,9-10H,6-8H2,1-2H3,(H,20,21). The summed E-state index contributed by atoms with van der Waals surface area (Å²) in [5.74, 6) is 0.0127. The lowest BCUT2D eigenvalue weighted by Gasteiger charge is -2.20. The average molecular weight is 308 g/mol. The first-order valence-electron chi connectivity index (χ1n) is 7.13. The van der Waals surface area contributed by atoms with E-state index < -0.39 is 5.97 Å². The minimum Gasteiger partial charge on any atom is -0.477 e. The van der Waals surface area contributed by atoms with Crippen LogP contribution in [-0.4, -0.2) is 44.5 Å². The van der Waals surface area contributed by atoms with Crippen LogP contribution < -0.4 is 0 Å². The Kier molecular flexibility index (Phi) is 3.63. The maximum atomic E-state index is 11.5. The molecule has 0 saturated carbocycles. The highest BCUT2D eigenvalue weighted by atomic mass is 35.5. The van der Waals surface area contributed by atoms with E-state index in [-0.39, 0.29) is 11.6 Å². The van der Waals surface area contributed by atoms with E-state index in [4.69, 9.17) is 11.6 Å². The molecule has 0 spiro atoms. The second kappa shape index (κ2) is 5.31. The Balaban J connectivity index is 2.09. The number of hydrogen-bond acceptors (Lipinski definition) is 3. The van der Waals surface area contributed by atoms with Gasteiger partial charge in [0, 0.05) is 18.5 Å². The van der Waals surface area contributed by atoms with Crippen molar-refractivity contribution in [3.8, 4) is 0 Å². The summed E-state index contributed by atoms with van der Waals surface area (Å²) in [6.07, 6.45) is 0.974. The lowest BCUT2D eigenvalue weighted by atomic mass is 10.1. The van der Waals surface area contributed by atoms with Gasteiger partial charge in [-0.3, -0.25) is 4.40 Å². The third-order valence-electron chi connectivity index (χ3n) is 4.18. The number of carboxylic acid groups (broad SMARTS) is 1. The summed E-state index contributed by atoms with van der Waals surface area (Å²) >= 11 is 6.19. The molecule has 2 aromatic rings. The molecule has 1 atom stereocenters. The van der Waals surface area contributed by atoms with Crippen molar-refractivity contribution in [1.29, 1.82) is 0 Å².